The lowest BCUT2D eigenvalue weighted by atomic mass is 10.2. The molecular weight excluding hydrogens is 248 g/mol. The molecule has 0 radical (unpaired) electrons. The second-order valence-corrected chi connectivity index (χ2v) is 5.61. The van der Waals surface area contributed by atoms with Crippen LogP contribution in [0.4, 0.5) is 0 Å². The number of thiophene rings is 2. The van der Waals surface area contributed by atoms with E-state index in [1.807, 2.05) is 11.4 Å². The summed E-state index contributed by atoms with van der Waals surface area (Å²) in [7, 11) is 1.68. The van der Waals surface area contributed by atoms with Gasteiger partial charge in [-0.2, -0.15) is 0 Å². The highest BCUT2D eigenvalue weighted by Crippen LogP contribution is 2.37. The van der Waals surface area contributed by atoms with E-state index in [2.05, 4.69) is 17.5 Å². The van der Waals surface area contributed by atoms with Crippen LogP contribution in [0.25, 0.3) is 0 Å². The maximum atomic E-state index is 6.36. The molecule has 1 nitrogen and oxygen atoms in total. The molecule has 0 N–H and O–H groups in total. The van der Waals surface area contributed by atoms with Gasteiger partial charge in [0, 0.05) is 11.3 Å². The number of alkyl halides is 1. The van der Waals surface area contributed by atoms with Crippen LogP contribution in [0, 0.1) is 0 Å². The lowest BCUT2D eigenvalue weighted by Crippen LogP contribution is -1.94. The molecular formula is C11H11ClOS2. The van der Waals surface area contributed by atoms with Crippen LogP contribution < -0.4 is 4.74 Å². The summed E-state index contributed by atoms with van der Waals surface area (Å²) in [4.78, 5) is 2.43. The molecule has 2 rings (SSSR count). The van der Waals surface area contributed by atoms with Crippen molar-refractivity contribution in [2.45, 2.75) is 11.8 Å². The van der Waals surface area contributed by atoms with Crippen molar-refractivity contribution in [3.63, 3.8) is 0 Å². The Labute approximate surface area is 102 Å². The SMILES string of the molecule is COc1ccsc1C(Cl)Cc1cccs1. The molecule has 1 atom stereocenters. The van der Waals surface area contributed by atoms with Gasteiger partial charge in [0.2, 0.25) is 0 Å². The van der Waals surface area contributed by atoms with Crippen molar-refractivity contribution in [1.82, 2.24) is 0 Å². The van der Waals surface area contributed by atoms with E-state index in [-0.39, 0.29) is 5.38 Å². The molecule has 0 saturated carbocycles. The van der Waals surface area contributed by atoms with Crippen molar-refractivity contribution in [3.8, 4) is 5.75 Å². The minimum Gasteiger partial charge on any atom is -0.496 e. The fourth-order valence-corrected chi connectivity index (χ4v) is 3.51. The van der Waals surface area contributed by atoms with E-state index in [4.69, 9.17) is 16.3 Å². The van der Waals surface area contributed by atoms with E-state index >= 15 is 0 Å². The van der Waals surface area contributed by atoms with E-state index in [9.17, 15) is 0 Å². The summed E-state index contributed by atoms with van der Waals surface area (Å²) >= 11 is 9.75. The third kappa shape index (κ3) is 2.54. The van der Waals surface area contributed by atoms with Gasteiger partial charge < -0.3 is 4.74 Å². The van der Waals surface area contributed by atoms with Crippen molar-refractivity contribution in [2.75, 3.05) is 7.11 Å². The molecule has 2 heterocycles. The minimum atomic E-state index is 0.0126. The summed E-state index contributed by atoms with van der Waals surface area (Å²) < 4.78 is 5.26. The van der Waals surface area contributed by atoms with E-state index in [1.54, 1.807) is 29.8 Å². The molecule has 0 aliphatic heterocycles. The van der Waals surface area contributed by atoms with Gasteiger partial charge in [-0.25, -0.2) is 0 Å². The quantitative estimate of drug-likeness (QED) is 0.742. The summed E-state index contributed by atoms with van der Waals surface area (Å²) in [6.07, 6.45) is 0.871. The summed E-state index contributed by atoms with van der Waals surface area (Å²) in [6, 6.07) is 6.12. The fourth-order valence-electron chi connectivity index (χ4n) is 1.40. The third-order valence-corrected chi connectivity index (χ3v) is 4.53. The van der Waals surface area contributed by atoms with Crippen LogP contribution in [-0.4, -0.2) is 7.11 Å². The standard InChI is InChI=1S/C11H11ClOS2/c1-13-10-4-6-15-11(10)9(12)7-8-3-2-5-14-8/h2-6,9H,7H2,1H3. The number of hydrogen-bond acceptors (Lipinski definition) is 3. The maximum Gasteiger partial charge on any atom is 0.134 e. The van der Waals surface area contributed by atoms with Gasteiger partial charge in [-0.15, -0.1) is 34.3 Å². The van der Waals surface area contributed by atoms with Crippen LogP contribution >= 0.6 is 34.3 Å². The Morgan fingerprint density at radius 1 is 1.33 bits per heavy atom. The van der Waals surface area contributed by atoms with Gasteiger partial charge in [-0.05, 0) is 22.9 Å². The molecule has 0 aliphatic rings. The number of halogens is 1. The highest BCUT2D eigenvalue weighted by Gasteiger charge is 2.15. The van der Waals surface area contributed by atoms with Crippen LogP contribution in [0.5, 0.6) is 5.75 Å². The second kappa shape index (κ2) is 5.01. The molecule has 4 heteroatoms. The molecule has 15 heavy (non-hydrogen) atoms. The summed E-state index contributed by atoms with van der Waals surface area (Å²) in [5, 5.41) is 4.10. The highest BCUT2D eigenvalue weighted by molar-refractivity contribution is 7.11. The molecule has 2 aromatic heterocycles. The van der Waals surface area contributed by atoms with Crippen molar-refractivity contribution in [3.05, 3.63) is 38.7 Å². The Hall–Kier alpha value is -0.510. The first-order chi connectivity index (χ1) is 7.31. The number of rotatable bonds is 4. The van der Waals surface area contributed by atoms with E-state index in [0.717, 1.165) is 17.0 Å². The van der Waals surface area contributed by atoms with E-state index in [0.29, 0.717) is 0 Å². The van der Waals surface area contributed by atoms with Gasteiger partial charge in [-0.3, -0.25) is 0 Å². The fraction of sp³-hybridized carbons (Fsp3) is 0.273. The van der Waals surface area contributed by atoms with Crippen LogP contribution in [0.3, 0.4) is 0 Å². The van der Waals surface area contributed by atoms with Gasteiger partial charge in [0.15, 0.2) is 0 Å². The number of methoxy groups -OCH3 is 1. The van der Waals surface area contributed by atoms with Crippen LogP contribution in [0.1, 0.15) is 15.1 Å². The lowest BCUT2D eigenvalue weighted by molar-refractivity contribution is 0.412. The third-order valence-electron chi connectivity index (χ3n) is 2.12. The normalized spacial score (nSPS) is 12.7. The predicted molar refractivity (Wildman–Crippen MR) is 67.5 cm³/mol. The molecule has 0 spiro atoms. The van der Waals surface area contributed by atoms with Crippen LogP contribution in [0.15, 0.2) is 29.0 Å². The molecule has 0 fully saturated rings. The topological polar surface area (TPSA) is 9.23 Å². The highest BCUT2D eigenvalue weighted by atomic mass is 35.5. The molecule has 0 amide bonds. The average Bonchev–Trinajstić information content (AvgIpc) is 2.86. The average molecular weight is 259 g/mol. The van der Waals surface area contributed by atoms with Crippen LogP contribution in [0.2, 0.25) is 0 Å². The van der Waals surface area contributed by atoms with Gasteiger partial charge in [0.05, 0.1) is 17.4 Å². The van der Waals surface area contributed by atoms with Gasteiger partial charge in [-0.1, -0.05) is 6.07 Å². The van der Waals surface area contributed by atoms with Crippen molar-refractivity contribution in [2.24, 2.45) is 0 Å². The zero-order chi connectivity index (χ0) is 10.7. The van der Waals surface area contributed by atoms with E-state index in [1.165, 1.54) is 4.88 Å². The van der Waals surface area contributed by atoms with Crippen LogP contribution in [-0.2, 0) is 6.42 Å². The molecule has 0 aliphatic carbocycles. The van der Waals surface area contributed by atoms with Gasteiger partial charge >= 0.3 is 0 Å². The van der Waals surface area contributed by atoms with Crippen molar-refractivity contribution < 1.29 is 4.74 Å². The Morgan fingerprint density at radius 2 is 2.20 bits per heavy atom. The van der Waals surface area contributed by atoms with Gasteiger partial charge in [0.1, 0.15) is 5.75 Å². The first-order valence-electron chi connectivity index (χ1n) is 4.59. The van der Waals surface area contributed by atoms with Crippen molar-refractivity contribution >= 4 is 34.3 Å². The molecule has 0 saturated heterocycles. The Morgan fingerprint density at radius 3 is 2.87 bits per heavy atom. The van der Waals surface area contributed by atoms with Gasteiger partial charge in [0.25, 0.3) is 0 Å². The minimum absolute atomic E-state index is 0.0126. The molecule has 2 aromatic rings. The summed E-state index contributed by atoms with van der Waals surface area (Å²) in [5.74, 6) is 0.900. The predicted octanol–water partition coefficient (Wildman–Crippen LogP) is 4.34. The number of hydrogen-bond donors (Lipinski definition) is 0. The lowest BCUT2D eigenvalue weighted by Gasteiger charge is -2.08. The largest absolute Gasteiger partial charge is 0.496 e. The van der Waals surface area contributed by atoms with Crippen molar-refractivity contribution in [1.29, 1.82) is 0 Å². The Kier molecular flexibility index (Phi) is 3.67. The summed E-state index contributed by atoms with van der Waals surface area (Å²) in [5.41, 5.74) is 0. The number of ether oxygens (including phenoxy) is 1. The Balaban J connectivity index is 2.11. The Bertz CT molecular complexity index is 408. The monoisotopic (exact) mass is 258 g/mol. The molecule has 0 bridgehead atoms. The first kappa shape index (κ1) is 11.0. The first-order valence-corrected chi connectivity index (χ1v) is 6.78. The smallest absolute Gasteiger partial charge is 0.134 e. The zero-order valence-electron chi connectivity index (χ0n) is 8.27. The summed E-state index contributed by atoms with van der Waals surface area (Å²) in [6.45, 7) is 0. The maximum absolute atomic E-state index is 6.36. The molecule has 80 valence electrons. The zero-order valence-corrected chi connectivity index (χ0v) is 10.7. The molecule has 1 unspecified atom stereocenters. The van der Waals surface area contributed by atoms with E-state index < -0.39 is 0 Å². The second-order valence-electron chi connectivity index (χ2n) is 3.10. The molecule has 0 aromatic carbocycles.